The fourth-order valence-electron chi connectivity index (χ4n) is 2.27. The first-order chi connectivity index (χ1) is 12.2. The van der Waals surface area contributed by atoms with Crippen LogP contribution in [0.3, 0.4) is 0 Å². The van der Waals surface area contributed by atoms with Crippen molar-refractivity contribution < 1.29 is 9.18 Å². The van der Waals surface area contributed by atoms with Gasteiger partial charge in [-0.2, -0.15) is 0 Å². The second-order valence-corrected chi connectivity index (χ2v) is 5.36. The molecule has 0 saturated heterocycles. The zero-order chi connectivity index (χ0) is 17.5. The second-order valence-electron chi connectivity index (χ2n) is 5.36. The van der Waals surface area contributed by atoms with Crippen LogP contribution in [-0.2, 0) is 11.2 Å². The Bertz CT molecular complexity index is 943. The number of nitrogens with zero attached hydrogens (tertiary/aromatic N) is 1. The van der Waals surface area contributed by atoms with Gasteiger partial charge in [0.05, 0.1) is 6.42 Å². The van der Waals surface area contributed by atoms with Gasteiger partial charge >= 0.3 is 0 Å². The smallest absolute Gasteiger partial charge is 0.228 e. The lowest BCUT2D eigenvalue weighted by molar-refractivity contribution is -0.115. The number of aromatic nitrogens is 1. The number of pyridine rings is 1. The van der Waals surface area contributed by atoms with E-state index in [2.05, 4.69) is 22.1 Å². The number of halogens is 1. The first-order valence-electron chi connectivity index (χ1n) is 7.77. The average molecular weight is 330 g/mol. The van der Waals surface area contributed by atoms with E-state index in [1.807, 2.05) is 24.3 Å². The summed E-state index contributed by atoms with van der Waals surface area (Å²) in [5.41, 5.74) is 2.42. The van der Waals surface area contributed by atoms with E-state index in [1.165, 1.54) is 6.07 Å². The van der Waals surface area contributed by atoms with Gasteiger partial charge in [-0.3, -0.25) is 4.79 Å². The minimum atomic E-state index is -0.382. The van der Waals surface area contributed by atoms with Gasteiger partial charge in [0.15, 0.2) is 0 Å². The molecule has 1 amide bonds. The monoisotopic (exact) mass is 330 g/mol. The highest BCUT2D eigenvalue weighted by atomic mass is 19.1. The summed E-state index contributed by atoms with van der Waals surface area (Å²) in [5.74, 6) is 5.32. The topological polar surface area (TPSA) is 42.0 Å². The number of anilines is 1. The van der Waals surface area contributed by atoms with Crippen molar-refractivity contribution in [3.05, 3.63) is 95.6 Å². The zero-order valence-electron chi connectivity index (χ0n) is 13.4. The van der Waals surface area contributed by atoms with Crippen molar-refractivity contribution in [2.75, 3.05) is 5.32 Å². The first kappa shape index (κ1) is 16.4. The van der Waals surface area contributed by atoms with Crippen LogP contribution in [0.25, 0.3) is 0 Å². The third kappa shape index (κ3) is 4.76. The first-order valence-corrected chi connectivity index (χ1v) is 7.77. The van der Waals surface area contributed by atoms with Crippen LogP contribution < -0.4 is 5.32 Å². The molecule has 0 aliphatic rings. The Morgan fingerprint density at radius 2 is 1.84 bits per heavy atom. The van der Waals surface area contributed by atoms with Crippen molar-refractivity contribution in [1.82, 2.24) is 4.98 Å². The minimum absolute atomic E-state index is 0.0173. The Hall–Kier alpha value is -3.45. The molecule has 122 valence electrons. The molecule has 25 heavy (non-hydrogen) atoms. The van der Waals surface area contributed by atoms with E-state index >= 15 is 0 Å². The fourth-order valence-corrected chi connectivity index (χ4v) is 2.27. The number of rotatable bonds is 3. The van der Waals surface area contributed by atoms with E-state index in [-0.39, 0.29) is 18.1 Å². The van der Waals surface area contributed by atoms with Gasteiger partial charge in [0.25, 0.3) is 0 Å². The van der Waals surface area contributed by atoms with Crippen LogP contribution in [0.4, 0.5) is 10.1 Å². The Labute approximate surface area is 145 Å². The zero-order valence-corrected chi connectivity index (χ0v) is 13.4. The van der Waals surface area contributed by atoms with Crippen LogP contribution in [-0.4, -0.2) is 10.9 Å². The van der Waals surface area contributed by atoms with Crippen LogP contribution in [0.1, 0.15) is 16.8 Å². The summed E-state index contributed by atoms with van der Waals surface area (Å²) < 4.78 is 13.6. The van der Waals surface area contributed by atoms with E-state index in [0.717, 1.165) is 5.56 Å². The van der Waals surface area contributed by atoms with Crippen LogP contribution in [0, 0.1) is 17.7 Å². The molecule has 0 aliphatic carbocycles. The lowest BCUT2D eigenvalue weighted by atomic mass is 10.1. The SMILES string of the molecule is O=C(Cc1ccccc1F)Nc1cccc(C#Cc2ccccn2)c1. The molecule has 1 aromatic heterocycles. The molecule has 0 atom stereocenters. The minimum Gasteiger partial charge on any atom is -0.326 e. The van der Waals surface area contributed by atoms with E-state index in [9.17, 15) is 9.18 Å². The highest BCUT2D eigenvalue weighted by Crippen LogP contribution is 2.12. The molecule has 0 aliphatic heterocycles. The molecule has 2 aromatic carbocycles. The van der Waals surface area contributed by atoms with Crippen LogP contribution in [0.2, 0.25) is 0 Å². The fraction of sp³-hybridized carbons (Fsp3) is 0.0476. The molecule has 0 radical (unpaired) electrons. The predicted octanol–water partition coefficient (Wildman–Crippen LogP) is 3.80. The van der Waals surface area contributed by atoms with Gasteiger partial charge in [0.2, 0.25) is 5.91 Å². The number of hydrogen-bond donors (Lipinski definition) is 1. The van der Waals surface area contributed by atoms with Crippen molar-refractivity contribution in [3.63, 3.8) is 0 Å². The maximum Gasteiger partial charge on any atom is 0.228 e. The summed E-state index contributed by atoms with van der Waals surface area (Å²) in [6.45, 7) is 0. The molecule has 4 heteroatoms. The molecular formula is C21H15FN2O. The summed E-state index contributed by atoms with van der Waals surface area (Å²) in [7, 11) is 0. The van der Waals surface area contributed by atoms with E-state index in [1.54, 1.807) is 42.6 Å². The Kier molecular flexibility index (Phi) is 5.18. The van der Waals surface area contributed by atoms with Gasteiger partial charge in [-0.05, 0) is 47.9 Å². The second kappa shape index (κ2) is 7.89. The summed E-state index contributed by atoms with van der Waals surface area (Å²) >= 11 is 0. The number of nitrogens with one attached hydrogen (secondary N) is 1. The van der Waals surface area contributed by atoms with Crippen molar-refractivity contribution in [3.8, 4) is 11.8 Å². The van der Waals surface area contributed by atoms with Crippen molar-refractivity contribution in [2.45, 2.75) is 6.42 Å². The van der Waals surface area contributed by atoms with Crippen molar-refractivity contribution in [2.24, 2.45) is 0 Å². The Morgan fingerprint density at radius 3 is 2.64 bits per heavy atom. The van der Waals surface area contributed by atoms with E-state index in [4.69, 9.17) is 0 Å². The molecule has 0 bridgehead atoms. The van der Waals surface area contributed by atoms with Gasteiger partial charge < -0.3 is 5.32 Å². The van der Waals surface area contributed by atoms with Crippen molar-refractivity contribution >= 4 is 11.6 Å². The molecule has 0 spiro atoms. The van der Waals surface area contributed by atoms with E-state index in [0.29, 0.717) is 16.9 Å². The molecule has 1 heterocycles. The largest absolute Gasteiger partial charge is 0.326 e. The predicted molar refractivity (Wildman–Crippen MR) is 95.4 cm³/mol. The molecule has 3 nitrogen and oxygen atoms in total. The summed E-state index contributed by atoms with van der Waals surface area (Å²) in [5, 5.41) is 2.77. The highest BCUT2D eigenvalue weighted by molar-refractivity contribution is 5.92. The quantitative estimate of drug-likeness (QED) is 0.742. The maximum atomic E-state index is 13.6. The lowest BCUT2D eigenvalue weighted by Crippen LogP contribution is -2.15. The number of benzene rings is 2. The Balaban J connectivity index is 1.69. The molecule has 0 unspecified atom stereocenters. The highest BCUT2D eigenvalue weighted by Gasteiger charge is 2.08. The number of hydrogen-bond acceptors (Lipinski definition) is 2. The number of carbonyl (C=O) groups excluding carboxylic acids is 1. The average Bonchev–Trinajstić information content (AvgIpc) is 2.63. The third-order valence-electron chi connectivity index (χ3n) is 3.45. The Morgan fingerprint density at radius 1 is 1.00 bits per heavy atom. The van der Waals surface area contributed by atoms with Gasteiger partial charge in [-0.15, -0.1) is 0 Å². The molecule has 1 N–H and O–H groups in total. The maximum absolute atomic E-state index is 13.6. The molecule has 3 rings (SSSR count). The summed E-state index contributed by atoms with van der Waals surface area (Å²) in [6, 6.07) is 19.0. The molecule has 3 aromatic rings. The molecule has 0 fully saturated rings. The van der Waals surface area contributed by atoms with E-state index < -0.39 is 0 Å². The van der Waals surface area contributed by atoms with Gasteiger partial charge in [0.1, 0.15) is 11.5 Å². The standard InChI is InChI=1S/C21H15FN2O/c22-20-10-2-1-7-17(20)15-21(25)24-19-9-5-6-16(14-19)11-12-18-8-3-4-13-23-18/h1-10,13-14H,15H2,(H,24,25). The third-order valence-corrected chi connectivity index (χ3v) is 3.45. The normalized spacial score (nSPS) is 9.80. The van der Waals surface area contributed by atoms with Crippen LogP contribution in [0.15, 0.2) is 72.9 Å². The summed E-state index contributed by atoms with van der Waals surface area (Å²) in [4.78, 5) is 16.2. The van der Waals surface area contributed by atoms with Crippen molar-refractivity contribution in [1.29, 1.82) is 0 Å². The van der Waals surface area contributed by atoms with Crippen LogP contribution >= 0.6 is 0 Å². The number of carbonyl (C=O) groups is 1. The lowest BCUT2D eigenvalue weighted by Gasteiger charge is -2.06. The number of amides is 1. The summed E-state index contributed by atoms with van der Waals surface area (Å²) in [6.07, 6.45) is 1.67. The van der Waals surface area contributed by atoms with Gasteiger partial charge in [-0.25, -0.2) is 9.37 Å². The molecule has 0 saturated carbocycles. The molecular weight excluding hydrogens is 315 g/mol. The van der Waals surface area contributed by atoms with Gasteiger partial charge in [-0.1, -0.05) is 36.3 Å². The van der Waals surface area contributed by atoms with Crippen LogP contribution in [0.5, 0.6) is 0 Å². The van der Waals surface area contributed by atoms with Gasteiger partial charge in [0, 0.05) is 17.4 Å².